The first kappa shape index (κ1) is 10.1. The van der Waals surface area contributed by atoms with Crippen molar-refractivity contribution in [2.75, 3.05) is 0 Å². The number of nitrogens with zero attached hydrogens (tertiary/aromatic N) is 1. The van der Waals surface area contributed by atoms with Crippen LogP contribution in [0.25, 0.3) is 0 Å². The summed E-state index contributed by atoms with van der Waals surface area (Å²) in [6.45, 7) is 4.39. The molecule has 0 amide bonds. The van der Waals surface area contributed by atoms with Gasteiger partial charge in [-0.25, -0.2) is 4.98 Å². The molecule has 0 fully saturated rings. The van der Waals surface area contributed by atoms with Crippen molar-refractivity contribution >= 4 is 11.3 Å². The minimum Gasteiger partial charge on any atom is -0.387 e. The van der Waals surface area contributed by atoms with Crippen LogP contribution in [0.4, 0.5) is 0 Å². The fraction of sp³-hybridized carbons (Fsp3) is 0.727. The predicted molar refractivity (Wildman–Crippen MR) is 58.7 cm³/mol. The maximum Gasteiger partial charge on any atom is 0.0971 e. The summed E-state index contributed by atoms with van der Waals surface area (Å²) in [4.78, 5) is 5.89. The summed E-state index contributed by atoms with van der Waals surface area (Å²) in [7, 11) is 0. The van der Waals surface area contributed by atoms with E-state index in [0.29, 0.717) is 5.92 Å². The fourth-order valence-corrected chi connectivity index (χ4v) is 3.10. The van der Waals surface area contributed by atoms with E-state index in [1.807, 2.05) is 0 Å². The van der Waals surface area contributed by atoms with Gasteiger partial charge in [0.15, 0.2) is 0 Å². The summed E-state index contributed by atoms with van der Waals surface area (Å²) in [6, 6.07) is 0. The Morgan fingerprint density at radius 2 is 2.43 bits per heavy atom. The van der Waals surface area contributed by atoms with Crippen LogP contribution >= 0.6 is 11.3 Å². The highest BCUT2D eigenvalue weighted by Gasteiger charge is 2.23. The summed E-state index contributed by atoms with van der Waals surface area (Å²) < 4.78 is 0. The average molecular weight is 211 g/mol. The van der Waals surface area contributed by atoms with E-state index in [9.17, 15) is 5.11 Å². The van der Waals surface area contributed by atoms with Gasteiger partial charge in [0.25, 0.3) is 0 Å². The quantitative estimate of drug-likeness (QED) is 0.815. The number of aryl methyl sites for hydroxylation is 1. The molecule has 0 aliphatic heterocycles. The molecule has 1 N–H and O–H groups in total. The highest BCUT2D eigenvalue weighted by Crippen LogP contribution is 2.35. The van der Waals surface area contributed by atoms with Gasteiger partial charge in [0.1, 0.15) is 0 Å². The van der Waals surface area contributed by atoms with Crippen molar-refractivity contribution in [3.63, 3.8) is 0 Å². The van der Waals surface area contributed by atoms with Crippen molar-refractivity contribution in [1.82, 2.24) is 4.98 Å². The number of rotatable bonds is 2. The lowest BCUT2D eigenvalue weighted by Gasteiger charge is -2.14. The average Bonchev–Trinajstić information content (AvgIpc) is 2.62. The van der Waals surface area contributed by atoms with E-state index in [2.05, 4.69) is 18.8 Å². The molecule has 1 aliphatic rings. The van der Waals surface area contributed by atoms with Gasteiger partial charge in [0, 0.05) is 10.8 Å². The van der Waals surface area contributed by atoms with Gasteiger partial charge in [-0.2, -0.15) is 0 Å². The van der Waals surface area contributed by atoms with Crippen LogP contribution in [0.15, 0.2) is 0 Å². The Balaban J connectivity index is 2.30. The van der Waals surface area contributed by atoms with Crippen molar-refractivity contribution in [2.24, 2.45) is 0 Å². The van der Waals surface area contributed by atoms with E-state index in [1.54, 1.807) is 11.3 Å². The Bertz CT molecular complexity index is 321. The molecule has 1 aromatic heterocycles. The van der Waals surface area contributed by atoms with Crippen molar-refractivity contribution in [3.8, 4) is 0 Å². The Kier molecular flexibility index (Phi) is 2.88. The molecule has 2 unspecified atom stereocenters. The normalized spacial score (nSPS) is 23.2. The minimum atomic E-state index is -0.298. The van der Waals surface area contributed by atoms with Gasteiger partial charge >= 0.3 is 0 Å². The first-order valence-electron chi connectivity index (χ1n) is 5.40. The van der Waals surface area contributed by atoms with Gasteiger partial charge < -0.3 is 5.11 Å². The molecule has 1 heterocycles. The SMILES string of the molecule is CCC(C)c1nc2c(s1)CCCC2O. The Morgan fingerprint density at radius 1 is 1.64 bits per heavy atom. The lowest BCUT2D eigenvalue weighted by Crippen LogP contribution is -2.07. The summed E-state index contributed by atoms with van der Waals surface area (Å²) >= 11 is 1.80. The molecular weight excluding hydrogens is 194 g/mol. The van der Waals surface area contributed by atoms with E-state index in [1.165, 1.54) is 9.88 Å². The third-order valence-electron chi connectivity index (χ3n) is 2.98. The summed E-state index contributed by atoms with van der Waals surface area (Å²) in [5.74, 6) is 0.540. The lowest BCUT2D eigenvalue weighted by molar-refractivity contribution is 0.152. The standard InChI is InChI=1S/C11H17NOS/c1-3-7(2)11-12-10-8(13)5-4-6-9(10)14-11/h7-8,13H,3-6H2,1-2H3. The Hall–Kier alpha value is -0.410. The van der Waals surface area contributed by atoms with Crippen LogP contribution in [0, 0.1) is 0 Å². The Morgan fingerprint density at radius 3 is 3.07 bits per heavy atom. The molecule has 3 heteroatoms. The topological polar surface area (TPSA) is 33.1 Å². The molecule has 0 spiro atoms. The second kappa shape index (κ2) is 3.99. The van der Waals surface area contributed by atoms with Gasteiger partial charge in [-0.3, -0.25) is 0 Å². The van der Waals surface area contributed by atoms with Crippen LogP contribution in [0.1, 0.15) is 60.7 Å². The van der Waals surface area contributed by atoms with Crippen LogP contribution in [0.2, 0.25) is 0 Å². The van der Waals surface area contributed by atoms with E-state index >= 15 is 0 Å². The van der Waals surface area contributed by atoms with Gasteiger partial charge in [0.2, 0.25) is 0 Å². The van der Waals surface area contributed by atoms with Crippen LogP contribution < -0.4 is 0 Å². The second-order valence-electron chi connectivity index (χ2n) is 4.08. The largest absolute Gasteiger partial charge is 0.387 e. The van der Waals surface area contributed by atoms with Gasteiger partial charge in [0.05, 0.1) is 16.8 Å². The molecule has 2 nitrogen and oxygen atoms in total. The molecule has 1 aromatic rings. The summed E-state index contributed by atoms with van der Waals surface area (Å²) in [5, 5.41) is 11.0. The van der Waals surface area contributed by atoms with Gasteiger partial charge in [-0.05, 0) is 25.7 Å². The van der Waals surface area contributed by atoms with Gasteiger partial charge in [-0.1, -0.05) is 13.8 Å². The zero-order chi connectivity index (χ0) is 10.1. The van der Waals surface area contributed by atoms with Crippen molar-refractivity contribution < 1.29 is 5.11 Å². The molecule has 0 saturated heterocycles. The molecule has 1 aliphatic carbocycles. The number of thiazole rings is 1. The highest BCUT2D eigenvalue weighted by molar-refractivity contribution is 7.11. The molecule has 0 bridgehead atoms. The molecule has 0 radical (unpaired) electrons. The molecule has 0 saturated carbocycles. The molecule has 2 rings (SSSR count). The fourth-order valence-electron chi connectivity index (χ4n) is 1.80. The van der Waals surface area contributed by atoms with Crippen LogP contribution in [0.5, 0.6) is 0 Å². The number of aliphatic hydroxyl groups excluding tert-OH is 1. The Labute approximate surface area is 89.0 Å². The second-order valence-corrected chi connectivity index (χ2v) is 5.19. The number of fused-ring (bicyclic) bond motifs is 1. The van der Waals surface area contributed by atoms with Crippen molar-refractivity contribution in [3.05, 3.63) is 15.6 Å². The molecule has 0 aromatic carbocycles. The maximum absolute atomic E-state index is 9.77. The predicted octanol–water partition coefficient (Wildman–Crippen LogP) is 3.03. The maximum atomic E-state index is 9.77. The zero-order valence-corrected chi connectivity index (χ0v) is 9.60. The molecule has 78 valence electrons. The monoisotopic (exact) mass is 211 g/mol. The third-order valence-corrected chi connectivity index (χ3v) is 4.34. The first-order chi connectivity index (χ1) is 6.72. The zero-order valence-electron chi connectivity index (χ0n) is 8.79. The van der Waals surface area contributed by atoms with E-state index < -0.39 is 0 Å². The summed E-state index contributed by atoms with van der Waals surface area (Å²) in [6.07, 6.45) is 3.93. The van der Waals surface area contributed by atoms with Crippen LogP contribution in [-0.4, -0.2) is 10.1 Å². The number of aliphatic hydroxyl groups is 1. The molecule has 14 heavy (non-hydrogen) atoms. The molecule has 2 atom stereocenters. The smallest absolute Gasteiger partial charge is 0.0971 e. The number of aromatic nitrogens is 1. The van der Waals surface area contributed by atoms with Crippen LogP contribution in [0.3, 0.4) is 0 Å². The number of hydrogen-bond acceptors (Lipinski definition) is 3. The first-order valence-corrected chi connectivity index (χ1v) is 6.21. The van der Waals surface area contributed by atoms with Crippen LogP contribution in [-0.2, 0) is 6.42 Å². The summed E-state index contributed by atoms with van der Waals surface area (Å²) in [5.41, 5.74) is 0.969. The van der Waals surface area contributed by atoms with E-state index in [4.69, 9.17) is 0 Å². The minimum absolute atomic E-state index is 0.298. The van der Waals surface area contributed by atoms with E-state index in [0.717, 1.165) is 31.4 Å². The van der Waals surface area contributed by atoms with Crippen molar-refractivity contribution in [1.29, 1.82) is 0 Å². The third kappa shape index (κ3) is 1.71. The lowest BCUT2D eigenvalue weighted by atomic mass is 10.0. The highest BCUT2D eigenvalue weighted by atomic mass is 32.1. The number of hydrogen-bond donors (Lipinski definition) is 1. The van der Waals surface area contributed by atoms with Crippen molar-refractivity contribution in [2.45, 2.75) is 51.6 Å². The van der Waals surface area contributed by atoms with Gasteiger partial charge in [-0.15, -0.1) is 11.3 Å². The van der Waals surface area contributed by atoms with E-state index in [-0.39, 0.29) is 6.10 Å². The molecular formula is C11H17NOS.